The van der Waals surface area contributed by atoms with Crippen LogP contribution in [-0.4, -0.2) is 27.1 Å². The zero-order chi connectivity index (χ0) is 12.7. The van der Waals surface area contributed by atoms with Crippen LogP contribution in [0.3, 0.4) is 0 Å². The lowest BCUT2D eigenvalue weighted by Gasteiger charge is -2.01. The maximum atomic E-state index is 11.3. The summed E-state index contributed by atoms with van der Waals surface area (Å²) in [6, 6.07) is 0. The quantitative estimate of drug-likeness (QED) is 0.678. The van der Waals surface area contributed by atoms with Crippen molar-refractivity contribution in [3.63, 3.8) is 0 Å². The second kappa shape index (κ2) is 6.62. The van der Waals surface area contributed by atoms with Crippen LogP contribution in [0.4, 0.5) is 0 Å². The average Bonchev–Trinajstić information content (AvgIpc) is 2.67. The van der Waals surface area contributed by atoms with Crippen LogP contribution < -0.4 is 5.32 Å². The highest BCUT2D eigenvalue weighted by molar-refractivity contribution is 5.75. The van der Waals surface area contributed by atoms with Gasteiger partial charge in [0.15, 0.2) is 5.82 Å². The molecule has 0 spiro atoms. The Kier molecular flexibility index (Phi) is 5.12. The van der Waals surface area contributed by atoms with Gasteiger partial charge in [0, 0.05) is 19.8 Å². The van der Waals surface area contributed by atoms with Crippen LogP contribution in [0.2, 0.25) is 0 Å². The molecule has 7 heteroatoms. The Balaban J connectivity index is 2.11. The molecular formula is C10H15N3O4. The number of nitrogens with one attached hydrogen (secondary N) is 1. The Morgan fingerprint density at radius 1 is 1.35 bits per heavy atom. The van der Waals surface area contributed by atoms with Crippen molar-refractivity contribution in [2.45, 2.75) is 39.2 Å². The highest BCUT2D eigenvalue weighted by atomic mass is 16.5. The van der Waals surface area contributed by atoms with Gasteiger partial charge in [0.1, 0.15) is 0 Å². The Labute approximate surface area is 98.2 Å². The van der Waals surface area contributed by atoms with Gasteiger partial charge < -0.3 is 14.9 Å². The Hall–Kier alpha value is -1.92. The number of carbonyl (C=O) groups is 2. The number of carboxylic acids is 1. The molecule has 0 atom stereocenters. The van der Waals surface area contributed by atoms with Crippen molar-refractivity contribution >= 4 is 11.9 Å². The number of aromatic nitrogens is 2. The van der Waals surface area contributed by atoms with Gasteiger partial charge in [-0.15, -0.1) is 0 Å². The molecule has 94 valence electrons. The van der Waals surface area contributed by atoms with Crippen LogP contribution in [0.5, 0.6) is 0 Å². The Morgan fingerprint density at radius 2 is 2.06 bits per heavy atom. The summed E-state index contributed by atoms with van der Waals surface area (Å²) >= 11 is 0. The van der Waals surface area contributed by atoms with Crippen LogP contribution in [0.25, 0.3) is 0 Å². The zero-order valence-corrected chi connectivity index (χ0v) is 9.60. The molecule has 0 fully saturated rings. The molecule has 0 bridgehead atoms. The predicted octanol–water partition coefficient (Wildman–Crippen LogP) is 0.639. The van der Waals surface area contributed by atoms with E-state index in [0.29, 0.717) is 31.0 Å². The number of carbonyl (C=O) groups excluding carboxylic acids is 1. The first-order chi connectivity index (χ1) is 8.08. The van der Waals surface area contributed by atoms with Crippen molar-refractivity contribution in [1.82, 2.24) is 15.5 Å². The molecule has 2 N–H and O–H groups in total. The van der Waals surface area contributed by atoms with Crippen molar-refractivity contribution in [2.75, 3.05) is 0 Å². The van der Waals surface area contributed by atoms with Crippen LogP contribution in [0.15, 0.2) is 4.52 Å². The van der Waals surface area contributed by atoms with E-state index in [1.165, 1.54) is 0 Å². The summed E-state index contributed by atoms with van der Waals surface area (Å²) in [5, 5.41) is 14.7. The number of aliphatic carboxylic acids is 1. The van der Waals surface area contributed by atoms with Crippen LogP contribution in [0.1, 0.15) is 37.4 Å². The third kappa shape index (κ3) is 5.64. The lowest BCUT2D eigenvalue weighted by Crippen LogP contribution is -2.23. The highest BCUT2D eigenvalue weighted by Crippen LogP contribution is 2.00. The second-order valence-electron chi connectivity index (χ2n) is 3.61. The fourth-order valence-electron chi connectivity index (χ4n) is 1.24. The number of hydrogen-bond acceptors (Lipinski definition) is 5. The normalized spacial score (nSPS) is 10.2. The lowest BCUT2D eigenvalue weighted by atomic mass is 10.2. The molecule has 1 aromatic rings. The summed E-state index contributed by atoms with van der Waals surface area (Å²) in [7, 11) is 0. The first-order valence-electron chi connectivity index (χ1n) is 5.35. The minimum Gasteiger partial charge on any atom is -0.481 e. The highest BCUT2D eigenvalue weighted by Gasteiger charge is 2.05. The summed E-state index contributed by atoms with van der Waals surface area (Å²) in [6.07, 6.45) is 1.47. The van der Waals surface area contributed by atoms with Crippen molar-refractivity contribution in [2.24, 2.45) is 0 Å². The smallest absolute Gasteiger partial charge is 0.303 e. The summed E-state index contributed by atoms with van der Waals surface area (Å²) < 4.78 is 4.74. The molecule has 1 amide bonds. The van der Waals surface area contributed by atoms with E-state index in [1.807, 2.05) is 0 Å². The van der Waals surface area contributed by atoms with Crippen LogP contribution in [-0.2, 0) is 16.1 Å². The molecule has 1 aromatic heterocycles. The van der Waals surface area contributed by atoms with E-state index in [-0.39, 0.29) is 18.9 Å². The first kappa shape index (κ1) is 13.1. The van der Waals surface area contributed by atoms with Gasteiger partial charge in [-0.3, -0.25) is 9.59 Å². The minimum atomic E-state index is -0.840. The van der Waals surface area contributed by atoms with Gasteiger partial charge in [0.2, 0.25) is 11.8 Å². The van der Waals surface area contributed by atoms with E-state index in [2.05, 4.69) is 15.5 Å². The topological polar surface area (TPSA) is 105 Å². The van der Waals surface area contributed by atoms with Crippen molar-refractivity contribution in [3.8, 4) is 0 Å². The first-order valence-corrected chi connectivity index (χ1v) is 5.35. The number of rotatable bonds is 7. The molecular weight excluding hydrogens is 226 g/mol. The molecule has 1 rings (SSSR count). The molecule has 0 unspecified atom stereocenters. The van der Waals surface area contributed by atoms with Gasteiger partial charge in [-0.05, 0) is 12.8 Å². The van der Waals surface area contributed by atoms with E-state index < -0.39 is 5.97 Å². The Bertz CT molecular complexity index is 389. The van der Waals surface area contributed by atoms with Crippen molar-refractivity contribution < 1.29 is 19.2 Å². The number of unbranched alkanes of at least 4 members (excludes halogenated alkanes) is 1. The number of aryl methyl sites for hydroxylation is 1. The molecule has 0 aliphatic heterocycles. The summed E-state index contributed by atoms with van der Waals surface area (Å²) in [5.74, 6) is -0.0948. The number of carboxylic acid groups (broad SMARTS) is 1. The van der Waals surface area contributed by atoms with Gasteiger partial charge in [-0.1, -0.05) is 5.16 Å². The fourth-order valence-corrected chi connectivity index (χ4v) is 1.24. The van der Waals surface area contributed by atoms with Gasteiger partial charge in [0.05, 0.1) is 6.54 Å². The van der Waals surface area contributed by atoms with Crippen LogP contribution in [0, 0.1) is 6.92 Å². The maximum Gasteiger partial charge on any atom is 0.303 e. The molecule has 0 aliphatic rings. The molecule has 0 aliphatic carbocycles. The van der Waals surface area contributed by atoms with E-state index in [4.69, 9.17) is 9.63 Å². The van der Waals surface area contributed by atoms with Crippen molar-refractivity contribution in [3.05, 3.63) is 11.7 Å². The zero-order valence-electron chi connectivity index (χ0n) is 9.60. The van der Waals surface area contributed by atoms with Gasteiger partial charge in [0.25, 0.3) is 0 Å². The third-order valence-electron chi connectivity index (χ3n) is 2.06. The van der Waals surface area contributed by atoms with E-state index in [0.717, 1.165) is 0 Å². The fraction of sp³-hybridized carbons (Fsp3) is 0.600. The monoisotopic (exact) mass is 241 g/mol. The molecule has 17 heavy (non-hydrogen) atoms. The van der Waals surface area contributed by atoms with E-state index >= 15 is 0 Å². The Morgan fingerprint density at radius 3 is 2.65 bits per heavy atom. The van der Waals surface area contributed by atoms with E-state index in [9.17, 15) is 9.59 Å². The summed E-state index contributed by atoms with van der Waals surface area (Å²) in [5.41, 5.74) is 0. The van der Waals surface area contributed by atoms with E-state index in [1.54, 1.807) is 6.92 Å². The molecule has 1 heterocycles. The third-order valence-corrected chi connectivity index (χ3v) is 2.06. The molecule has 0 saturated carbocycles. The molecule has 7 nitrogen and oxygen atoms in total. The van der Waals surface area contributed by atoms with Gasteiger partial charge >= 0.3 is 5.97 Å². The second-order valence-corrected chi connectivity index (χ2v) is 3.61. The number of nitrogens with zero attached hydrogens (tertiary/aromatic N) is 2. The van der Waals surface area contributed by atoms with Crippen molar-refractivity contribution in [1.29, 1.82) is 0 Å². The maximum absolute atomic E-state index is 11.3. The molecule has 0 saturated heterocycles. The SMILES string of the molecule is Cc1nc(CNC(=O)CCCCC(=O)O)no1. The lowest BCUT2D eigenvalue weighted by molar-refractivity contribution is -0.137. The van der Waals surface area contributed by atoms with Gasteiger partial charge in [-0.25, -0.2) is 0 Å². The standard InChI is InChI=1S/C10H15N3O4/c1-7-12-8(13-17-7)6-11-9(14)4-2-3-5-10(15)16/h2-6H2,1H3,(H,11,14)(H,15,16). The van der Waals surface area contributed by atoms with Gasteiger partial charge in [-0.2, -0.15) is 4.98 Å². The summed E-state index contributed by atoms with van der Waals surface area (Å²) in [4.78, 5) is 25.5. The number of amides is 1. The van der Waals surface area contributed by atoms with Crippen LogP contribution >= 0.6 is 0 Å². The molecule has 0 radical (unpaired) electrons. The molecule has 0 aromatic carbocycles. The largest absolute Gasteiger partial charge is 0.481 e. The summed E-state index contributed by atoms with van der Waals surface area (Å²) in [6.45, 7) is 1.90. The minimum absolute atomic E-state index is 0.0946. The average molecular weight is 241 g/mol. The number of hydrogen-bond donors (Lipinski definition) is 2. The predicted molar refractivity (Wildman–Crippen MR) is 57.0 cm³/mol.